The third-order valence-electron chi connectivity index (χ3n) is 4.34. The molecule has 0 N–H and O–H groups in total. The molecule has 1 aliphatic rings. The van der Waals surface area contributed by atoms with Crippen LogP contribution in [0.1, 0.15) is 25.3 Å². The Kier molecular flexibility index (Phi) is 5.36. The maximum absolute atomic E-state index is 12.4. The van der Waals surface area contributed by atoms with Crippen LogP contribution in [0, 0.1) is 0 Å². The summed E-state index contributed by atoms with van der Waals surface area (Å²) in [5.41, 5.74) is 0. The van der Waals surface area contributed by atoms with E-state index in [-0.39, 0.29) is 5.91 Å². The zero-order valence-electron chi connectivity index (χ0n) is 13.9. The SMILES string of the molecule is COc1ccc(OCCC(=O)N2CCC[C@H](n3ccnc3)C2)cc1. The number of hydrogen-bond donors (Lipinski definition) is 0. The van der Waals surface area contributed by atoms with Crippen LogP contribution < -0.4 is 9.47 Å². The van der Waals surface area contributed by atoms with Crippen molar-refractivity contribution < 1.29 is 14.3 Å². The van der Waals surface area contributed by atoms with Crippen LogP contribution in [0.4, 0.5) is 0 Å². The molecule has 6 nitrogen and oxygen atoms in total. The predicted octanol–water partition coefficient (Wildman–Crippen LogP) is 2.52. The van der Waals surface area contributed by atoms with Gasteiger partial charge in [-0.2, -0.15) is 0 Å². The van der Waals surface area contributed by atoms with Crippen molar-refractivity contribution in [2.75, 3.05) is 26.8 Å². The van der Waals surface area contributed by atoms with Gasteiger partial charge < -0.3 is 18.9 Å². The summed E-state index contributed by atoms with van der Waals surface area (Å²) in [7, 11) is 1.63. The average molecular weight is 329 g/mol. The molecular weight excluding hydrogens is 306 g/mol. The van der Waals surface area contributed by atoms with Gasteiger partial charge in [0.05, 0.1) is 32.5 Å². The lowest BCUT2D eigenvalue weighted by atomic mass is 10.1. The number of rotatable bonds is 6. The van der Waals surface area contributed by atoms with E-state index in [2.05, 4.69) is 9.55 Å². The van der Waals surface area contributed by atoms with E-state index in [0.29, 0.717) is 19.1 Å². The number of aromatic nitrogens is 2. The van der Waals surface area contributed by atoms with Crippen molar-refractivity contribution in [1.29, 1.82) is 0 Å². The number of benzene rings is 1. The van der Waals surface area contributed by atoms with Gasteiger partial charge in [0.1, 0.15) is 11.5 Å². The van der Waals surface area contributed by atoms with E-state index >= 15 is 0 Å². The molecule has 2 aromatic rings. The quantitative estimate of drug-likeness (QED) is 0.817. The van der Waals surface area contributed by atoms with Crippen molar-refractivity contribution in [3.63, 3.8) is 0 Å². The molecule has 1 atom stereocenters. The monoisotopic (exact) mass is 329 g/mol. The van der Waals surface area contributed by atoms with Gasteiger partial charge in [0.2, 0.25) is 5.91 Å². The lowest BCUT2D eigenvalue weighted by Crippen LogP contribution is -2.41. The van der Waals surface area contributed by atoms with Crippen LogP contribution in [0.2, 0.25) is 0 Å². The number of carbonyl (C=O) groups excluding carboxylic acids is 1. The number of carbonyl (C=O) groups is 1. The van der Waals surface area contributed by atoms with Gasteiger partial charge in [-0.05, 0) is 37.1 Å². The predicted molar refractivity (Wildman–Crippen MR) is 90.2 cm³/mol. The Bertz CT molecular complexity index is 640. The fourth-order valence-corrected chi connectivity index (χ4v) is 3.00. The summed E-state index contributed by atoms with van der Waals surface area (Å²) in [5.74, 6) is 1.68. The molecule has 2 heterocycles. The van der Waals surface area contributed by atoms with Gasteiger partial charge in [-0.15, -0.1) is 0 Å². The fraction of sp³-hybridized carbons (Fsp3) is 0.444. The lowest BCUT2D eigenvalue weighted by molar-refractivity contribution is -0.133. The molecule has 1 aromatic carbocycles. The highest BCUT2D eigenvalue weighted by atomic mass is 16.5. The maximum Gasteiger partial charge on any atom is 0.226 e. The molecule has 0 unspecified atom stereocenters. The summed E-state index contributed by atoms with van der Waals surface area (Å²) >= 11 is 0. The van der Waals surface area contributed by atoms with Gasteiger partial charge in [-0.25, -0.2) is 4.98 Å². The molecule has 0 radical (unpaired) electrons. The number of likely N-dealkylation sites (tertiary alicyclic amines) is 1. The minimum Gasteiger partial charge on any atom is -0.497 e. The van der Waals surface area contributed by atoms with E-state index in [1.165, 1.54) is 0 Å². The normalized spacial score (nSPS) is 17.5. The second kappa shape index (κ2) is 7.86. The molecule has 3 rings (SSSR count). The largest absolute Gasteiger partial charge is 0.497 e. The Morgan fingerprint density at radius 3 is 2.79 bits per heavy atom. The zero-order chi connectivity index (χ0) is 16.8. The van der Waals surface area contributed by atoms with Gasteiger partial charge in [0, 0.05) is 25.5 Å². The first kappa shape index (κ1) is 16.4. The van der Waals surface area contributed by atoms with Crippen LogP contribution in [0.3, 0.4) is 0 Å². The standard InChI is InChI=1S/C18H23N3O3/c1-23-16-4-6-17(7-5-16)24-12-8-18(22)20-10-2-3-15(13-20)21-11-9-19-14-21/h4-7,9,11,14-15H,2-3,8,10,12-13H2,1H3/t15-/m0/s1. The molecule has 1 aromatic heterocycles. The molecule has 128 valence electrons. The Morgan fingerprint density at radius 1 is 1.29 bits per heavy atom. The molecule has 0 bridgehead atoms. The Balaban J connectivity index is 1.45. The van der Waals surface area contributed by atoms with Gasteiger partial charge in [-0.3, -0.25) is 4.79 Å². The second-order valence-corrected chi connectivity index (χ2v) is 5.92. The number of ether oxygens (including phenoxy) is 2. The molecule has 1 fully saturated rings. The fourth-order valence-electron chi connectivity index (χ4n) is 3.00. The molecular formula is C18H23N3O3. The Morgan fingerprint density at radius 2 is 2.08 bits per heavy atom. The first-order valence-corrected chi connectivity index (χ1v) is 8.28. The van der Waals surface area contributed by atoms with Crippen LogP contribution >= 0.6 is 0 Å². The first-order chi connectivity index (χ1) is 11.8. The van der Waals surface area contributed by atoms with Crippen molar-refractivity contribution in [2.45, 2.75) is 25.3 Å². The van der Waals surface area contributed by atoms with Gasteiger partial charge >= 0.3 is 0 Å². The third kappa shape index (κ3) is 4.07. The topological polar surface area (TPSA) is 56.6 Å². The molecule has 24 heavy (non-hydrogen) atoms. The number of nitrogens with zero attached hydrogens (tertiary/aromatic N) is 3. The van der Waals surface area contributed by atoms with Crippen LogP contribution in [0.15, 0.2) is 43.0 Å². The van der Waals surface area contributed by atoms with Gasteiger partial charge in [-0.1, -0.05) is 0 Å². The molecule has 1 amide bonds. The number of methoxy groups -OCH3 is 1. The van der Waals surface area contributed by atoms with Gasteiger partial charge in [0.15, 0.2) is 0 Å². The van der Waals surface area contributed by atoms with Crippen molar-refractivity contribution in [3.8, 4) is 11.5 Å². The Hall–Kier alpha value is -2.50. The summed E-state index contributed by atoms with van der Waals surface area (Å²) in [6.07, 6.45) is 8.07. The molecule has 0 spiro atoms. The summed E-state index contributed by atoms with van der Waals surface area (Å²) in [6, 6.07) is 7.71. The molecule has 1 aliphatic heterocycles. The van der Waals surface area contributed by atoms with Crippen LogP contribution in [0.25, 0.3) is 0 Å². The third-order valence-corrected chi connectivity index (χ3v) is 4.34. The number of piperidine rings is 1. The average Bonchev–Trinajstić information content (AvgIpc) is 3.17. The zero-order valence-corrected chi connectivity index (χ0v) is 13.9. The summed E-state index contributed by atoms with van der Waals surface area (Å²) in [5, 5.41) is 0. The van der Waals surface area contributed by atoms with E-state index in [1.807, 2.05) is 41.7 Å². The number of amides is 1. The van der Waals surface area contributed by atoms with Gasteiger partial charge in [0.25, 0.3) is 0 Å². The van der Waals surface area contributed by atoms with Crippen molar-refractivity contribution in [2.24, 2.45) is 0 Å². The number of hydrogen-bond acceptors (Lipinski definition) is 4. The summed E-state index contributed by atoms with van der Waals surface area (Å²) in [6.45, 7) is 1.96. The molecule has 6 heteroatoms. The van der Waals surface area contributed by atoms with Crippen LogP contribution in [-0.4, -0.2) is 47.2 Å². The lowest BCUT2D eigenvalue weighted by Gasteiger charge is -2.33. The highest BCUT2D eigenvalue weighted by Crippen LogP contribution is 2.22. The first-order valence-electron chi connectivity index (χ1n) is 8.28. The van der Waals surface area contributed by atoms with E-state index in [4.69, 9.17) is 9.47 Å². The van der Waals surface area contributed by atoms with Crippen LogP contribution in [-0.2, 0) is 4.79 Å². The van der Waals surface area contributed by atoms with E-state index in [1.54, 1.807) is 13.3 Å². The maximum atomic E-state index is 12.4. The molecule has 0 aliphatic carbocycles. The van der Waals surface area contributed by atoms with Crippen molar-refractivity contribution in [1.82, 2.24) is 14.5 Å². The smallest absolute Gasteiger partial charge is 0.226 e. The highest BCUT2D eigenvalue weighted by molar-refractivity contribution is 5.76. The van der Waals surface area contributed by atoms with E-state index in [9.17, 15) is 4.79 Å². The van der Waals surface area contributed by atoms with Crippen molar-refractivity contribution in [3.05, 3.63) is 43.0 Å². The van der Waals surface area contributed by atoms with Crippen LogP contribution in [0.5, 0.6) is 11.5 Å². The highest BCUT2D eigenvalue weighted by Gasteiger charge is 2.24. The Labute approximate surface area is 142 Å². The summed E-state index contributed by atoms with van der Waals surface area (Å²) < 4.78 is 12.8. The second-order valence-electron chi connectivity index (χ2n) is 5.92. The minimum absolute atomic E-state index is 0.147. The number of imidazole rings is 1. The molecule has 1 saturated heterocycles. The molecule has 0 saturated carbocycles. The van der Waals surface area contributed by atoms with E-state index < -0.39 is 0 Å². The van der Waals surface area contributed by atoms with Crippen molar-refractivity contribution >= 4 is 5.91 Å². The minimum atomic E-state index is 0.147. The summed E-state index contributed by atoms with van der Waals surface area (Å²) in [4.78, 5) is 18.4. The van der Waals surface area contributed by atoms with E-state index in [0.717, 1.165) is 37.4 Å².